The van der Waals surface area contributed by atoms with Crippen LogP contribution in [0, 0.1) is 5.92 Å². The summed E-state index contributed by atoms with van der Waals surface area (Å²) in [6.45, 7) is 6.40. The van der Waals surface area contributed by atoms with E-state index in [9.17, 15) is 8.42 Å². The van der Waals surface area contributed by atoms with Crippen LogP contribution in [0.5, 0.6) is 0 Å². The molecule has 0 aliphatic carbocycles. The van der Waals surface area contributed by atoms with Gasteiger partial charge in [-0.1, -0.05) is 6.07 Å². The van der Waals surface area contributed by atoms with E-state index in [2.05, 4.69) is 24.1 Å². The Hall–Kier alpha value is -1.18. The first-order valence-electron chi connectivity index (χ1n) is 7.63. The maximum atomic E-state index is 11.3. The van der Waals surface area contributed by atoms with Gasteiger partial charge in [0.05, 0.1) is 0 Å². The zero-order valence-electron chi connectivity index (χ0n) is 13.5. The molecule has 3 N–H and O–H groups in total. The van der Waals surface area contributed by atoms with Crippen LogP contribution in [0.25, 0.3) is 0 Å². The molecular weight excluding hydrogens is 300 g/mol. The molecule has 0 saturated carbocycles. The molecular formula is C15H26N4O2S. The van der Waals surface area contributed by atoms with E-state index in [0.717, 1.165) is 25.9 Å². The highest BCUT2D eigenvalue weighted by Crippen LogP contribution is 2.26. The van der Waals surface area contributed by atoms with E-state index in [1.54, 1.807) is 12.1 Å². The molecule has 1 aliphatic heterocycles. The molecule has 7 heteroatoms. The molecule has 2 heterocycles. The van der Waals surface area contributed by atoms with E-state index >= 15 is 0 Å². The third-order valence-corrected chi connectivity index (χ3v) is 4.98. The fraction of sp³-hybridized carbons (Fsp3) is 0.667. The first-order chi connectivity index (χ1) is 10.2. The van der Waals surface area contributed by atoms with Gasteiger partial charge in [0.25, 0.3) is 10.0 Å². The molecule has 0 bridgehead atoms. The average Bonchev–Trinajstić information content (AvgIpc) is 2.77. The number of pyridine rings is 1. The second kappa shape index (κ2) is 6.52. The number of anilines is 1. The Labute approximate surface area is 133 Å². The fourth-order valence-electron chi connectivity index (χ4n) is 3.00. The van der Waals surface area contributed by atoms with Crippen molar-refractivity contribution in [1.82, 2.24) is 10.3 Å². The van der Waals surface area contributed by atoms with Gasteiger partial charge in [-0.15, -0.1) is 0 Å². The number of sulfonamides is 1. The van der Waals surface area contributed by atoms with Gasteiger partial charge in [-0.3, -0.25) is 0 Å². The number of primary sulfonamides is 1. The largest absolute Gasteiger partial charge is 0.360 e. The van der Waals surface area contributed by atoms with Crippen molar-refractivity contribution in [2.75, 3.05) is 25.0 Å². The van der Waals surface area contributed by atoms with E-state index in [1.807, 2.05) is 11.9 Å². The summed E-state index contributed by atoms with van der Waals surface area (Å²) in [5.74, 6) is 1.35. The van der Waals surface area contributed by atoms with Crippen molar-refractivity contribution in [2.45, 2.75) is 43.7 Å². The molecule has 0 radical (unpaired) electrons. The minimum absolute atomic E-state index is 0.0846. The Morgan fingerprint density at radius 3 is 2.77 bits per heavy atom. The van der Waals surface area contributed by atoms with E-state index in [1.165, 1.54) is 12.5 Å². The number of hydrogen-bond donors (Lipinski definition) is 2. The highest BCUT2D eigenvalue weighted by molar-refractivity contribution is 7.89. The van der Waals surface area contributed by atoms with Crippen LogP contribution in [0.15, 0.2) is 23.2 Å². The van der Waals surface area contributed by atoms with Gasteiger partial charge in [0.15, 0.2) is 5.03 Å². The summed E-state index contributed by atoms with van der Waals surface area (Å²) >= 11 is 0. The Morgan fingerprint density at radius 2 is 2.18 bits per heavy atom. The lowest BCUT2D eigenvalue weighted by molar-refractivity contribution is 0.428. The molecule has 1 atom stereocenters. The van der Waals surface area contributed by atoms with Crippen molar-refractivity contribution >= 4 is 15.8 Å². The van der Waals surface area contributed by atoms with Crippen LogP contribution in [0.1, 0.15) is 33.1 Å². The normalized spacial score (nSPS) is 21.0. The second-order valence-corrected chi connectivity index (χ2v) is 8.29. The van der Waals surface area contributed by atoms with Gasteiger partial charge < -0.3 is 10.2 Å². The standard InChI is InChI=1S/C15H26N4O2S/c1-15(2)10-12(11-17-15)6-5-9-19(3)13-7-4-8-14(18-13)22(16,20)21/h4,7-8,12,17H,5-6,9-11H2,1-3H3,(H2,16,20,21). The van der Waals surface area contributed by atoms with Gasteiger partial charge in [0.2, 0.25) is 0 Å². The lowest BCUT2D eigenvalue weighted by Crippen LogP contribution is -2.31. The van der Waals surface area contributed by atoms with E-state index < -0.39 is 10.0 Å². The minimum Gasteiger partial charge on any atom is -0.360 e. The first-order valence-corrected chi connectivity index (χ1v) is 9.18. The molecule has 6 nitrogen and oxygen atoms in total. The molecule has 0 amide bonds. The van der Waals surface area contributed by atoms with E-state index in [4.69, 9.17) is 5.14 Å². The van der Waals surface area contributed by atoms with Gasteiger partial charge in [0, 0.05) is 19.1 Å². The molecule has 1 saturated heterocycles. The van der Waals surface area contributed by atoms with Crippen molar-refractivity contribution < 1.29 is 8.42 Å². The van der Waals surface area contributed by atoms with Crippen LogP contribution in [-0.4, -0.2) is 39.1 Å². The van der Waals surface area contributed by atoms with Crippen LogP contribution in [-0.2, 0) is 10.0 Å². The lowest BCUT2D eigenvalue weighted by atomic mass is 9.94. The van der Waals surface area contributed by atoms with Gasteiger partial charge in [-0.2, -0.15) is 0 Å². The lowest BCUT2D eigenvalue weighted by Gasteiger charge is -2.20. The molecule has 1 fully saturated rings. The number of nitrogens with one attached hydrogen (secondary N) is 1. The summed E-state index contributed by atoms with van der Waals surface area (Å²) in [4.78, 5) is 6.09. The quantitative estimate of drug-likeness (QED) is 0.823. The number of rotatable bonds is 6. The number of nitrogens with zero attached hydrogens (tertiary/aromatic N) is 2. The Kier molecular flexibility index (Phi) is 5.09. The maximum Gasteiger partial charge on any atom is 0.255 e. The van der Waals surface area contributed by atoms with E-state index in [-0.39, 0.29) is 10.6 Å². The Balaban J connectivity index is 1.86. The molecule has 22 heavy (non-hydrogen) atoms. The van der Waals surface area contributed by atoms with Crippen LogP contribution in [0.2, 0.25) is 0 Å². The third-order valence-electron chi connectivity index (χ3n) is 4.17. The number of aromatic nitrogens is 1. The molecule has 0 aromatic carbocycles. The number of nitrogens with two attached hydrogens (primary N) is 1. The zero-order chi connectivity index (χ0) is 16.4. The van der Waals surface area contributed by atoms with E-state index in [0.29, 0.717) is 11.7 Å². The summed E-state index contributed by atoms with van der Waals surface area (Å²) in [6.07, 6.45) is 3.42. The predicted molar refractivity (Wildman–Crippen MR) is 88.3 cm³/mol. The summed E-state index contributed by atoms with van der Waals surface area (Å²) in [5.41, 5.74) is 0.252. The fourth-order valence-corrected chi connectivity index (χ4v) is 3.49. The molecule has 1 aromatic heterocycles. The summed E-state index contributed by atoms with van der Waals surface area (Å²) in [7, 11) is -1.83. The topological polar surface area (TPSA) is 88.3 Å². The second-order valence-electron chi connectivity index (χ2n) is 6.78. The third kappa shape index (κ3) is 4.66. The molecule has 1 aliphatic rings. The van der Waals surface area contributed by atoms with Crippen LogP contribution < -0.4 is 15.4 Å². The smallest absolute Gasteiger partial charge is 0.255 e. The van der Waals surface area contributed by atoms with Gasteiger partial charge in [-0.25, -0.2) is 18.5 Å². The van der Waals surface area contributed by atoms with Gasteiger partial charge in [0.1, 0.15) is 5.82 Å². The summed E-state index contributed by atoms with van der Waals surface area (Å²) < 4.78 is 22.7. The Morgan fingerprint density at radius 1 is 1.45 bits per heavy atom. The van der Waals surface area contributed by atoms with Crippen LogP contribution in [0.3, 0.4) is 0 Å². The van der Waals surface area contributed by atoms with Crippen molar-refractivity contribution in [3.63, 3.8) is 0 Å². The molecule has 0 spiro atoms. The van der Waals surface area contributed by atoms with Gasteiger partial charge >= 0.3 is 0 Å². The maximum absolute atomic E-state index is 11.3. The predicted octanol–water partition coefficient (Wildman–Crippen LogP) is 1.33. The van der Waals surface area contributed by atoms with Crippen molar-refractivity contribution in [3.8, 4) is 0 Å². The SMILES string of the molecule is CN(CCCC1CNC(C)(C)C1)c1cccc(S(N)(=O)=O)n1. The van der Waals surface area contributed by atoms with Crippen molar-refractivity contribution in [2.24, 2.45) is 11.1 Å². The molecule has 2 rings (SSSR count). The highest BCUT2D eigenvalue weighted by Gasteiger charge is 2.29. The van der Waals surface area contributed by atoms with Crippen LogP contribution in [0.4, 0.5) is 5.82 Å². The van der Waals surface area contributed by atoms with Crippen molar-refractivity contribution in [1.29, 1.82) is 0 Å². The minimum atomic E-state index is -3.75. The zero-order valence-corrected chi connectivity index (χ0v) is 14.4. The average molecular weight is 326 g/mol. The molecule has 124 valence electrons. The first kappa shape index (κ1) is 17.2. The van der Waals surface area contributed by atoms with Crippen molar-refractivity contribution in [3.05, 3.63) is 18.2 Å². The van der Waals surface area contributed by atoms with Crippen LogP contribution >= 0.6 is 0 Å². The molecule has 1 aromatic rings. The highest BCUT2D eigenvalue weighted by atomic mass is 32.2. The molecule has 1 unspecified atom stereocenters. The number of hydrogen-bond acceptors (Lipinski definition) is 5. The Bertz CT molecular complexity index is 616. The van der Waals surface area contributed by atoms with Gasteiger partial charge in [-0.05, 0) is 57.7 Å². The summed E-state index contributed by atoms with van der Waals surface area (Å²) in [6, 6.07) is 4.88. The monoisotopic (exact) mass is 326 g/mol. The summed E-state index contributed by atoms with van der Waals surface area (Å²) in [5, 5.41) is 8.57.